The standard InChI is InChI=1S/C48H59N3O10/c1-4-7-28-57-47(54)50(24-5-2)44-32-42(49-59-33-34-16-9-8-10-17-34)40-29-35(18-11-13-25-52)39(21-12-14-26-53)45-41-31-38(60-37-20-15-19-36(30-37)51(55)56)22-23-43(41)61-48(44,46(40)45)58-27-6-3/h4,6,8-10,15-17,19-20,22-23,29-31,35,39,44-46,52-53H,1,3,5,7,11-14,18,21,24-28,32-33H2,2H3/t35-,39+,44-,45+,46+,48+/m0/s1. The molecule has 13 heteroatoms. The summed E-state index contributed by atoms with van der Waals surface area (Å²) in [5.74, 6) is -0.911. The first-order valence-corrected chi connectivity index (χ1v) is 21.5. The van der Waals surface area contributed by atoms with Crippen molar-refractivity contribution in [3.05, 3.63) is 131 Å². The fraction of sp³-hybridized carbons (Fsp3) is 0.458. The maximum atomic E-state index is 14.3. The number of allylic oxidation sites excluding steroid dienone is 1. The number of hydrogen-bond donors (Lipinski definition) is 2. The van der Waals surface area contributed by atoms with Crippen LogP contribution in [0.2, 0.25) is 0 Å². The summed E-state index contributed by atoms with van der Waals surface area (Å²) in [6.45, 7) is 10.8. The Labute approximate surface area is 358 Å². The molecule has 1 heterocycles. The summed E-state index contributed by atoms with van der Waals surface area (Å²) < 4.78 is 26.5. The maximum absolute atomic E-state index is 14.3. The van der Waals surface area contributed by atoms with Crippen molar-refractivity contribution in [1.29, 1.82) is 0 Å². The van der Waals surface area contributed by atoms with E-state index < -0.39 is 28.8 Å². The fourth-order valence-electron chi connectivity index (χ4n) is 9.20. The minimum atomic E-state index is -1.45. The molecule has 1 amide bonds. The van der Waals surface area contributed by atoms with Crippen molar-refractivity contribution in [2.24, 2.45) is 22.9 Å². The van der Waals surface area contributed by atoms with Crippen LogP contribution in [-0.2, 0) is 20.9 Å². The highest BCUT2D eigenvalue weighted by Gasteiger charge is 2.65. The van der Waals surface area contributed by atoms with Crippen molar-refractivity contribution >= 4 is 17.5 Å². The summed E-state index contributed by atoms with van der Waals surface area (Å²) in [5.41, 5.74) is 3.30. The van der Waals surface area contributed by atoms with Crippen molar-refractivity contribution in [3.8, 4) is 17.2 Å². The van der Waals surface area contributed by atoms with E-state index in [9.17, 15) is 25.1 Å². The summed E-state index contributed by atoms with van der Waals surface area (Å²) in [6, 6.07) is 20.7. The van der Waals surface area contributed by atoms with Gasteiger partial charge in [0.05, 0.1) is 35.8 Å². The van der Waals surface area contributed by atoms with Gasteiger partial charge in [0.25, 0.3) is 5.69 Å². The topological polar surface area (TPSA) is 162 Å². The van der Waals surface area contributed by atoms with Crippen molar-refractivity contribution in [1.82, 2.24) is 4.90 Å². The van der Waals surface area contributed by atoms with Crippen LogP contribution in [0.4, 0.5) is 10.5 Å². The van der Waals surface area contributed by atoms with E-state index in [1.54, 1.807) is 35.3 Å². The molecule has 6 rings (SSSR count). The Morgan fingerprint density at radius 3 is 2.49 bits per heavy atom. The Bertz CT molecular complexity index is 2020. The van der Waals surface area contributed by atoms with Gasteiger partial charge in [-0.2, -0.15) is 0 Å². The molecule has 6 atom stereocenters. The number of fused-ring (bicyclic) bond motifs is 2. The van der Waals surface area contributed by atoms with Crippen LogP contribution < -0.4 is 9.47 Å². The molecule has 0 radical (unpaired) electrons. The van der Waals surface area contributed by atoms with Gasteiger partial charge in [-0.15, -0.1) is 13.2 Å². The lowest BCUT2D eigenvalue weighted by Crippen LogP contribution is -2.70. The van der Waals surface area contributed by atoms with Gasteiger partial charge >= 0.3 is 6.09 Å². The zero-order valence-corrected chi connectivity index (χ0v) is 35.1. The molecule has 0 aromatic heterocycles. The molecule has 3 aromatic rings. The highest BCUT2D eigenvalue weighted by Crippen LogP contribution is 2.62. The molecule has 2 aliphatic carbocycles. The van der Waals surface area contributed by atoms with Crippen LogP contribution in [0.15, 0.2) is 115 Å². The fourth-order valence-corrected chi connectivity index (χ4v) is 9.20. The van der Waals surface area contributed by atoms with Gasteiger partial charge in [-0.25, -0.2) is 4.79 Å². The molecule has 0 saturated heterocycles. The predicted molar refractivity (Wildman–Crippen MR) is 233 cm³/mol. The average Bonchev–Trinajstić information content (AvgIpc) is 3.27. The van der Waals surface area contributed by atoms with Gasteiger partial charge in [-0.1, -0.05) is 79.5 Å². The van der Waals surface area contributed by atoms with Gasteiger partial charge in [0.2, 0.25) is 5.79 Å². The van der Waals surface area contributed by atoms with E-state index >= 15 is 0 Å². The highest BCUT2D eigenvalue weighted by molar-refractivity contribution is 6.03. The molecule has 2 N–H and O–H groups in total. The van der Waals surface area contributed by atoms with Crippen LogP contribution in [0.1, 0.15) is 81.8 Å². The lowest BCUT2D eigenvalue weighted by atomic mass is 9.55. The molecular weight excluding hydrogens is 779 g/mol. The van der Waals surface area contributed by atoms with Gasteiger partial charge in [-0.05, 0) is 85.8 Å². The lowest BCUT2D eigenvalue weighted by molar-refractivity contribution is -0.384. The Balaban J connectivity index is 1.57. The number of oxime groups is 1. The second-order valence-corrected chi connectivity index (χ2v) is 15.8. The summed E-state index contributed by atoms with van der Waals surface area (Å²) in [6.07, 6.45) is 10.9. The van der Waals surface area contributed by atoms with Gasteiger partial charge in [-0.3, -0.25) is 15.0 Å². The predicted octanol–water partition coefficient (Wildman–Crippen LogP) is 9.65. The number of rotatable bonds is 23. The van der Waals surface area contributed by atoms with E-state index in [1.165, 1.54) is 12.1 Å². The van der Waals surface area contributed by atoms with E-state index in [0.717, 1.165) is 42.4 Å². The van der Waals surface area contributed by atoms with Crippen molar-refractivity contribution in [3.63, 3.8) is 0 Å². The first-order valence-electron chi connectivity index (χ1n) is 21.5. The van der Waals surface area contributed by atoms with Crippen LogP contribution in [0.5, 0.6) is 17.2 Å². The molecule has 1 fully saturated rings. The molecule has 1 saturated carbocycles. The molecule has 3 aromatic carbocycles. The van der Waals surface area contributed by atoms with Gasteiger partial charge < -0.3 is 34.0 Å². The Morgan fingerprint density at radius 1 is 1.00 bits per heavy atom. The van der Waals surface area contributed by atoms with Gasteiger partial charge in [0, 0.05) is 43.7 Å². The number of benzene rings is 3. The minimum Gasteiger partial charge on any atom is -0.459 e. The number of nitro benzene ring substituents is 1. The number of non-ortho nitro benzene ring substituents is 1. The zero-order chi connectivity index (χ0) is 43.2. The second kappa shape index (κ2) is 21.8. The molecular formula is C48H59N3O10. The molecule has 0 spiro atoms. The first kappa shape index (κ1) is 45.0. The van der Waals surface area contributed by atoms with Crippen LogP contribution in [0.25, 0.3) is 0 Å². The number of unbranched alkanes of at least 4 members (excludes halogenated alkanes) is 2. The summed E-state index contributed by atoms with van der Waals surface area (Å²) in [5, 5.41) is 36.4. The largest absolute Gasteiger partial charge is 0.459 e. The molecule has 3 aliphatic rings. The summed E-state index contributed by atoms with van der Waals surface area (Å²) >= 11 is 0. The summed E-state index contributed by atoms with van der Waals surface area (Å²) in [4.78, 5) is 33.3. The number of carbonyl (C=O) groups excluding carboxylic acids is 1. The van der Waals surface area contributed by atoms with E-state index in [0.29, 0.717) is 55.2 Å². The Hall–Kier alpha value is -5.50. The quantitative estimate of drug-likeness (QED) is 0.0407. The average molecular weight is 838 g/mol. The van der Waals surface area contributed by atoms with Crippen molar-refractivity contribution in [2.75, 3.05) is 33.0 Å². The van der Waals surface area contributed by atoms with E-state index in [4.69, 9.17) is 28.9 Å². The SMILES string of the molecule is C=CCCOC(=O)N(CCC)[C@H]1CC(=NOCc2ccccc2)C2=C[C@H](CCCCO)[C@@H](CCCCO)[C@@H]3c4cc(Oc5cccc([N+](=O)[O-])c5)ccc4O[C@@]1(OCC=C)[C@H]23. The lowest BCUT2D eigenvalue weighted by Gasteiger charge is -2.59. The minimum absolute atomic E-state index is 0.00850. The molecule has 0 unspecified atom stereocenters. The smallest absolute Gasteiger partial charge is 0.410 e. The van der Waals surface area contributed by atoms with E-state index in [1.807, 2.05) is 49.4 Å². The van der Waals surface area contributed by atoms with Crippen molar-refractivity contribution in [2.45, 2.75) is 89.1 Å². The highest BCUT2D eigenvalue weighted by atomic mass is 16.7. The third-order valence-corrected chi connectivity index (χ3v) is 11.8. The number of aliphatic hydroxyl groups is 2. The molecule has 13 nitrogen and oxygen atoms in total. The van der Waals surface area contributed by atoms with Crippen LogP contribution in [0.3, 0.4) is 0 Å². The monoisotopic (exact) mass is 837 g/mol. The van der Waals surface area contributed by atoms with E-state index in [-0.39, 0.29) is 62.9 Å². The van der Waals surface area contributed by atoms with Crippen LogP contribution in [-0.4, -0.2) is 76.6 Å². The van der Waals surface area contributed by atoms with E-state index in [2.05, 4.69) is 19.2 Å². The first-order chi connectivity index (χ1) is 29.8. The third-order valence-electron chi connectivity index (χ3n) is 11.8. The Morgan fingerprint density at radius 2 is 1.77 bits per heavy atom. The normalized spacial score (nSPS) is 23.1. The second-order valence-electron chi connectivity index (χ2n) is 15.8. The molecule has 1 aliphatic heterocycles. The maximum Gasteiger partial charge on any atom is 0.410 e. The number of amides is 1. The van der Waals surface area contributed by atoms with Gasteiger partial charge in [0.1, 0.15) is 29.9 Å². The number of aliphatic hydroxyl groups excluding tert-OH is 2. The molecule has 0 bridgehead atoms. The Kier molecular flexibility index (Phi) is 16.1. The molecule has 61 heavy (non-hydrogen) atoms. The number of nitro groups is 1. The number of nitrogens with zero attached hydrogens (tertiary/aromatic N) is 3. The van der Waals surface area contributed by atoms with Gasteiger partial charge in [0.15, 0.2) is 0 Å². The van der Waals surface area contributed by atoms with Crippen LogP contribution in [0, 0.1) is 27.9 Å². The molecule has 326 valence electrons. The zero-order valence-electron chi connectivity index (χ0n) is 35.1. The third kappa shape index (κ3) is 10.5. The number of ether oxygens (including phenoxy) is 4. The number of carbonyl (C=O) groups is 1. The van der Waals surface area contributed by atoms with Crippen molar-refractivity contribution < 1.29 is 43.7 Å². The summed E-state index contributed by atoms with van der Waals surface area (Å²) in [7, 11) is 0. The van der Waals surface area contributed by atoms with Crippen LogP contribution >= 0.6 is 0 Å². The number of hydrogen-bond acceptors (Lipinski definition) is 11.